The molecular formula is C27H27ClN2O4. The van der Waals surface area contributed by atoms with Crippen LogP contribution in [0, 0.1) is 17.8 Å². The van der Waals surface area contributed by atoms with E-state index in [1.54, 1.807) is 29.9 Å². The molecule has 0 spiro atoms. The van der Waals surface area contributed by atoms with Crippen molar-refractivity contribution in [2.75, 3.05) is 19.8 Å². The molecule has 2 heterocycles. The summed E-state index contributed by atoms with van der Waals surface area (Å²) in [6.45, 7) is 1.50. The average Bonchev–Trinajstić information content (AvgIpc) is 2.84. The molecule has 176 valence electrons. The van der Waals surface area contributed by atoms with Gasteiger partial charge in [0.2, 0.25) is 5.43 Å². The second kappa shape index (κ2) is 10.9. The number of nitrogens with one attached hydrogen (secondary N) is 1. The van der Waals surface area contributed by atoms with Gasteiger partial charge in [-0.05, 0) is 60.6 Å². The predicted octanol–water partition coefficient (Wildman–Crippen LogP) is 3.43. The second-order valence-electron chi connectivity index (χ2n) is 8.55. The number of rotatable bonds is 5. The zero-order valence-electron chi connectivity index (χ0n) is 19.1. The largest absolute Gasteiger partial charge is 0.384 e. The Hall–Kier alpha value is -3.11. The number of pyridine rings is 1. The van der Waals surface area contributed by atoms with Crippen molar-refractivity contribution in [3.8, 4) is 11.8 Å². The Labute approximate surface area is 203 Å². The molecule has 1 aliphatic heterocycles. The molecule has 0 radical (unpaired) electrons. The number of halogens is 1. The van der Waals surface area contributed by atoms with E-state index in [4.69, 9.17) is 16.3 Å². The van der Waals surface area contributed by atoms with Crippen molar-refractivity contribution < 1.29 is 14.6 Å². The first-order valence-corrected chi connectivity index (χ1v) is 11.7. The van der Waals surface area contributed by atoms with Gasteiger partial charge in [-0.3, -0.25) is 9.59 Å². The van der Waals surface area contributed by atoms with E-state index in [2.05, 4.69) is 17.2 Å². The van der Waals surface area contributed by atoms with Gasteiger partial charge >= 0.3 is 0 Å². The second-order valence-corrected chi connectivity index (χ2v) is 8.99. The summed E-state index contributed by atoms with van der Waals surface area (Å²) in [5.41, 5.74) is 2.95. The van der Waals surface area contributed by atoms with Gasteiger partial charge in [0.05, 0.1) is 5.52 Å². The maximum Gasteiger partial charge on any atom is 0.257 e. The van der Waals surface area contributed by atoms with Crippen molar-refractivity contribution in [2.24, 2.45) is 13.0 Å². The van der Waals surface area contributed by atoms with Crippen LogP contribution >= 0.6 is 11.6 Å². The highest BCUT2D eigenvalue weighted by Crippen LogP contribution is 2.24. The summed E-state index contributed by atoms with van der Waals surface area (Å²) < 4.78 is 7.23. The van der Waals surface area contributed by atoms with Crippen molar-refractivity contribution in [2.45, 2.75) is 25.8 Å². The van der Waals surface area contributed by atoms with Gasteiger partial charge in [0, 0.05) is 49.0 Å². The lowest BCUT2D eigenvalue weighted by Crippen LogP contribution is -2.29. The quantitative estimate of drug-likeness (QED) is 0.550. The van der Waals surface area contributed by atoms with Crippen LogP contribution in [0.15, 0.2) is 47.4 Å². The summed E-state index contributed by atoms with van der Waals surface area (Å²) >= 11 is 5.92. The Morgan fingerprint density at radius 3 is 2.65 bits per heavy atom. The molecule has 2 aromatic carbocycles. The predicted molar refractivity (Wildman–Crippen MR) is 133 cm³/mol. The number of benzene rings is 2. The number of aliphatic hydroxyl groups is 1. The van der Waals surface area contributed by atoms with Crippen molar-refractivity contribution in [1.29, 1.82) is 0 Å². The third-order valence-corrected chi connectivity index (χ3v) is 6.36. The van der Waals surface area contributed by atoms with E-state index in [9.17, 15) is 14.7 Å². The highest BCUT2D eigenvalue weighted by atomic mass is 35.5. The maximum atomic E-state index is 13.4. The number of nitrogens with zero attached hydrogens (tertiary/aromatic N) is 1. The smallest absolute Gasteiger partial charge is 0.257 e. The number of hydrogen-bond acceptors (Lipinski definition) is 4. The topological polar surface area (TPSA) is 80.6 Å². The van der Waals surface area contributed by atoms with Crippen LogP contribution < -0.4 is 10.7 Å². The number of ether oxygens (including phenoxy) is 1. The molecule has 1 amide bonds. The fourth-order valence-corrected chi connectivity index (χ4v) is 4.51. The Morgan fingerprint density at radius 1 is 1.21 bits per heavy atom. The van der Waals surface area contributed by atoms with E-state index in [1.807, 2.05) is 24.3 Å². The molecule has 0 unspecified atom stereocenters. The van der Waals surface area contributed by atoms with Gasteiger partial charge in [-0.15, -0.1) is 0 Å². The Bertz CT molecular complexity index is 1310. The van der Waals surface area contributed by atoms with E-state index in [-0.39, 0.29) is 24.1 Å². The van der Waals surface area contributed by atoms with E-state index in [1.165, 1.54) is 0 Å². The lowest BCUT2D eigenvalue weighted by molar-refractivity contribution is 0.0665. The molecule has 0 bridgehead atoms. The zero-order valence-corrected chi connectivity index (χ0v) is 19.8. The van der Waals surface area contributed by atoms with Crippen molar-refractivity contribution in [1.82, 2.24) is 9.88 Å². The number of aromatic nitrogens is 1. The Kier molecular flexibility index (Phi) is 7.69. The molecule has 0 atom stereocenters. The maximum absolute atomic E-state index is 13.4. The lowest BCUT2D eigenvalue weighted by Gasteiger charge is -2.22. The van der Waals surface area contributed by atoms with E-state index in [0.717, 1.165) is 43.6 Å². The first-order chi connectivity index (χ1) is 16.5. The molecular weight excluding hydrogens is 452 g/mol. The van der Waals surface area contributed by atoms with Gasteiger partial charge in [-0.1, -0.05) is 35.6 Å². The van der Waals surface area contributed by atoms with Crippen LogP contribution in [0.5, 0.6) is 0 Å². The first kappa shape index (κ1) is 24.0. The van der Waals surface area contributed by atoms with Gasteiger partial charge < -0.3 is 19.7 Å². The number of fused-ring (bicyclic) bond motifs is 1. The van der Waals surface area contributed by atoms with E-state index < -0.39 is 5.91 Å². The minimum Gasteiger partial charge on any atom is -0.384 e. The highest BCUT2D eigenvalue weighted by Gasteiger charge is 2.19. The van der Waals surface area contributed by atoms with Crippen LogP contribution in [0.3, 0.4) is 0 Å². The van der Waals surface area contributed by atoms with Gasteiger partial charge in [0.15, 0.2) is 0 Å². The molecule has 1 aromatic heterocycles. The van der Waals surface area contributed by atoms with Crippen molar-refractivity contribution in [3.63, 3.8) is 0 Å². The summed E-state index contributed by atoms with van der Waals surface area (Å²) in [7, 11) is 1.79. The van der Waals surface area contributed by atoms with Crippen LogP contribution in [0.4, 0.5) is 0 Å². The third kappa shape index (κ3) is 5.51. The summed E-state index contributed by atoms with van der Waals surface area (Å²) in [6, 6.07) is 11.0. The molecule has 7 heteroatoms. The van der Waals surface area contributed by atoms with Crippen LogP contribution in [0.25, 0.3) is 10.9 Å². The Balaban J connectivity index is 1.70. The van der Waals surface area contributed by atoms with Gasteiger partial charge in [0.25, 0.3) is 5.91 Å². The third-order valence-electron chi connectivity index (χ3n) is 6.11. The van der Waals surface area contributed by atoms with E-state index >= 15 is 0 Å². The van der Waals surface area contributed by atoms with Gasteiger partial charge in [0.1, 0.15) is 12.2 Å². The van der Waals surface area contributed by atoms with Gasteiger partial charge in [-0.2, -0.15) is 0 Å². The standard InChI is InChI=1S/C27H27ClN2O4/c1-30-17-24(27(33)29-16-19-4-6-22(28)7-5-19)26(32)23-15-20(13-18-8-11-34-12-9-18)14-21(25(23)30)3-2-10-31/h4-7,14-15,17-18,31H,8-13,16H2,1H3,(H,29,33). The molecule has 1 saturated heterocycles. The molecule has 6 nitrogen and oxygen atoms in total. The van der Waals surface area contributed by atoms with Crippen LogP contribution in [-0.4, -0.2) is 35.4 Å². The monoisotopic (exact) mass is 478 g/mol. The molecule has 2 N–H and O–H groups in total. The van der Waals surface area contributed by atoms with Crippen molar-refractivity contribution >= 4 is 28.4 Å². The average molecular weight is 479 g/mol. The highest BCUT2D eigenvalue weighted by molar-refractivity contribution is 6.30. The molecule has 1 fully saturated rings. The summed E-state index contributed by atoms with van der Waals surface area (Å²) in [5, 5.41) is 13.1. The summed E-state index contributed by atoms with van der Waals surface area (Å²) in [6.07, 6.45) is 4.30. The van der Waals surface area contributed by atoms with Gasteiger partial charge in [-0.25, -0.2) is 0 Å². The molecule has 1 aliphatic rings. The minimum atomic E-state index is -0.435. The normalized spacial score (nSPS) is 14.0. The number of hydrogen-bond donors (Lipinski definition) is 2. The molecule has 4 rings (SSSR count). The minimum absolute atomic E-state index is 0.0771. The SMILES string of the molecule is Cn1cc(C(=O)NCc2ccc(Cl)cc2)c(=O)c2cc(CC3CCOCC3)cc(C#CCO)c21. The number of aliphatic hydroxyl groups excluding tert-OH is 1. The van der Waals surface area contributed by atoms with Crippen molar-refractivity contribution in [3.05, 3.63) is 80.1 Å². The first-order valence-electron chi connectivity index (χ1n) is 11.3. The fourth-order valence-electron chi connectivity index (χ4n) is 4.38. The van der Waals surface area contributed by atoms with E-state index in [0.29, 0.717) is 27.4 Å². The molecule has 0 aliphatic carbocycles. The van der Waals surface area contributed by atoms with Crippen LogP contribution in [0.1, 0.15) is 39.9 Å². The van der Waals surface area contributed by atoms with Crippen LogP contribution in [0.2, 0.25) is 5.02 Å². The molecule has 34 heavy (non-hydrogen) atoms. The Morgan fingerprint density at radius 2 is 1.94 bits per heavy atom. The number of carbonyl (C=O) groups is 1. The summed E-state index contributed by atoms with van der Waals surface area (Å²) in [4.78, 5) is 26.4. The number of amides is 1. The zero-order chi connectivity index (χ0) is 24.1. The fraction of sp³-hybridized carbons (Fsp3) is 0.333. The number of aryl methyl sites for hydroxylation is 1. The molecule has 3 aromatic rings. The number of carbonyl (C=O) groups excluding carboxylic acids is 1. The summed E-state index contributed by atoms with van der Waals surface area (Å²) in [5.74, 6) is 5.72. The lowest BCUT2D eigenvalue weighted by atomic mass is 9.90. The van der Waals surface area contributed by atoms with Crippen LogP contribution in [-0.2, 0) is 24.8 Å². The molecule has 0 saturated carbocycles.